The van der Waals surface area contributed by atoms with Crippen LogP contribution in [0.1, 0.15) is 25.2 Å². The molecule has 0 atom stereocenters. The van der Waals surface area contributed by atoms with Crippen molar-refractivity contribution < 1.29 is 9.32 Å². The number of aryl methyl sites for hydroxylation is 1. The van der Waals surface area contributed by atoms with E-state index in [1.54, 1.807) is 11.3 Å². The van der Waals surface area contributed by atoms with Crippen molar-refractivity contribution in [1.29, 1.82) is 0 Å². The van der Waals surface area contributed by atoms with E-state index in [0.29, 0.717) is 44.1 Å². The minimum atomic E-state index is 0.0384. The van der Waals surface area contributed by atoms with Crippen LogP contribution in [0.5, 0.6) is 0 Å². The summed E-state index contributed by atoms with van der Waals surface area (Å²) in [4.78, 5) is 16.8. The topological polar surface area (TPSA) is 94.0 Å². The molecule has 1 amide bonds. The standard InChI is InChI=1S/C13H18N4O2S/c14-7-3-8-15-11(18)5-1-6-12-16-13(17-19-12)10-4-2-9-20-10/h2,4,9H,1,3,5-8,14H2,(H,15,18). The summed E-state index contributed by atoms with van der Waals surface area (Å²) in [6, 6.07) is 3.89. The monoisotopic (exact) mass is 294 g/mol. The van der Waals surface area contributed by atoms with Crippen LogP contribution in [-0.2, 0) is 11.2 Å². The van der Waals surface area contributed by atoms with Crippen LogP contribution in [0, 0.1) is 0 Å². The third kappa shape index (κ3) is 4.43. The summed E-state index contributed by atoms with van der Waals surface area (Å²) in [7, 11) is 0. The third-order valence-corrected chi connectivity index (χ3v) is 3.57. The number of nitrogens with zero attached hydrogens (tertiary/aromatic N) is 2. The highest BCUT2D eigenvalue weighted by Gasteiger charge is 2.09. The van der Waals surface area contributed by atoms with Crippen LogP contribution in [0.15, 0.2) is 22.0 Å². The van der Waals surface area contributed by atoms with Gasteiger partial charge in [0.05, 0.1) is 4.88 Å². The second-order valence-electron chi connectivity index (χ2n) is 4.33. The molecular weight excluding hydrogens is 276 g/mol. The maximum atomic E-state index is 11.5. The van der Waals surface area contributed by atoms with Gasteiger partial charge in [0, 0.05) is 19.4 Å². The predicted molar refractivity (Wildman–Crippen MR) is 77.2 cm³/mol. The number of hydrogen-bond acceptors (Lipinski definition) is 6. The van der Waals surface area contributed by atoms with Gasteiger partial charge in [-0.25, -0.2) is 0 Å². The van der Waals surface area contributed by atoms with Crippen LogP contribution >= 0.6 is 11.3 Å². The zero-order valence-electron chi connectivity index (χ0n) is 11.2. The van der Waals surface area contributed by atoms with Gasteiger partial charge >= 0.3 is 0 Å². The van der Waals surface area contributed by atoms with Gasteiger partial charge in [0.25, 0.3) is 0 Å². The highest BCUT2D eigenvalue weighted by atomic mass is 32.1. The van der Waals surface area contributed by atoms with Gasteiger partial charge in [-0.05, 0) is 30.8 Å². The van der Waals surface area contributed by atoms with Crippen LogP contribution in [-0.4, -0.2) is 29.1 Å². The number of amides is 1. The van der Waals surface area contributed by atoms with Crippen molar-refractivity contribution in [2.75, 3.05) is 13.1 Å². The Morgan fingerprint density at radius 3 is 3.10 bits per heavy atom. The first-order valence-electron chi connectivity index (χ1n) is 6.63. The van der Waals surface area contributed by atoms with Crippen LogP contribution in [0.3, 0.4) is 0 Å². The van der Waals surface area contributed by atoms with Gasteiger partial charge in [0.2, 0.25) is 17.6 Å². The fraction of sp³-hybridized carbons (Fsp3) is 0.462. The molecule has 0 fully saturated rings. The molecular formula is C13H18N4O2S. The van der Waals surface area contributed by atoms with E-state index in [1.165, 1.54) is 0 Å². The lowest BCUT2D eigenvalue weighted by Crippen LogP contribution is -2.25. The van der Waals surface area contributed by atoms with E-state index in [9.17, 15) is 4.79 Å². The van der Waals surface area contributed by atoms with Crippen molar-refractivity contribution in [3.63, 3.8) is 0 Å². The van der Waals surface area contributed by atoms with Crippen molar-refractivity contribution >= 4 is 17.2 Å². The molecule has 3 N–H and O–H groups in total. The van der Waals surface area contributed by atoms with E-state index in [1.807, 2.05) is 17.5 Å². The normalized spacial score (nSPS) is 10.7. The van der Waals surface area contributed by atoms with Crippen LogP contribution < -0.4 is 11.1 Å². The molecule has 7 heteroatoms. The molecule has 2 rings (SSSR count). The number of rotatable bonds is 8. The molecule has 2 aromatic rings. The molecule has 0 spiro atoms. The zero-order valence-corrected chi connectivity index (χ0v) is 12.0. The maximum absolute atomic E-state index is 11.5. The summed E-state index contributed by atoms with van der Waals surface area (Å²) < 4.78 is 5.17. The molecule has 0 bridgehead atoms. The number of thiophene rings is 1. The first-order valence-corrected chi connectivity index (χ1v) is 7.51. The summed E-state index contributed by atoms with van der Waals surface area (Å²) in [5.74, 6) is 1.22. The Hall–Kier alpha value is -1.73. The van der Waals surface area contributed by atoms with E-state index < -0.39 is 0 Å². The van der Waals surface area contributed by atoms with E-state index in [2.05, 4.69) is 15.5 Å². The zero-order chi connectivity index (χ0) is 14.2. The van der Waals surface area contributed by atoms with Gasteiger partial charge < -0.3 is 15.6 Å². The lowest BCUT2D eigenvalue weighted by Gasteiger charge is -2.02. The Labute approximate surface area is 121 Å². The second kappa shape index (κ2) is 7.76. The van der Waals surface area contributed by atoms with Gasteiger partial charge in [0.15, 0.2) is 0 Å². The molecule has 0 saturated heterocycles. The van der Waals surface area contributed by atoms with E-state index in [-0.39, 0.29) is 5.91 Å². The SMILES string of the molecule is NCCCNC(=O)CCCc1nc(-c2cccs2)no1. The average Bonchev–Trinajstić information content (AvgIpc) is 3.09. The van der Waals surface area contributed by atoms with Crippen molar-refractivity contribution in [3.05, 3.63) is 23.4 Å². The summed E-state index contributed by atoms with van der Waals surface area (Å²) >= 11 is 1.57. The number of carbonyl (C=O) groups is 1. The molecule has 0 unspecified atom stereocenters. The van der Waals surface area contributed by atoms with E-state index >= 15 is 0 Å². The molecule has 0 saturated carbocycles. The first-order chi connectivity index (χ1) is 9.79. The maximum Gasteiger partial charge on any atom is 0.226 e. The van der Waals surface area contributed by atoms with Gasteiger partial charge in [-0.15, -0.1) is 11.3 Å². The van der Waals surface area contributed by atoms with Gasteiger partial charge in [-0.3, -0.25) is 4.79 Å². The average molecular weight is 294 g/mol. The molecule has 0 aliphatic rings. The minimum Gasteiger partial charge on any atom is -0.356 e. The number of nitrogens with one attached hydrogen (secondary N) is 1. The molecule has 0 aromatic carbocycles. The van der Waals surface area contributed by atoms with E-state index in [4.69, 9.17) is 10.3 Å². The minimum absolute atomic E-state index is 0.0384. The largest absolute Gasteiger partial charge is 0.356 e. The third-order valence-electron chi connectivity index (χ3n) is 2.71. The van der Waals surface area contributed by atoms with Gasteiger partial charge in [-0.1, -0.05) is 11.2 Å². The quantitative estimate of drug-likeness (QED) is 0.721. The van der Waals surface area contributed by atoms with Crippen molar-refractivity contribution in [1.82, 2.24) is 15.5 Å². The summed E-state index contributed by atoms with van der Waals surface area (Å²) in [6.45, 7) is 1.23. The molecule has 0 aliphatic carbocycles. The lowest BCUT2D eigenvalue weighted by atomic mass is 10.2. The molecule has 108 valence electrons. The van der Waals surface area contributed by atoms with Crippen molar-refractivity contribution in [2.45, 2.75) is 25.7 Å². The Morgan fingerprint density at radius 1 is 1.45 bits per heavy atom. The Bertz CT molecular complexity index is 524. The Morgan fingerprint density at radius 2 is 2.35 bits per heavy atom. The van der Waals surface area contributed by atoms with E-state index in [0.717, 1.165) is 11.3 Å². The molecule has 6 nitrogen and oxygen atoms in total. The molecule has 0 aliphatic heterocycles. The highest BCUT2D eigenvalue weighted by Crippen LogP contribution is 2.21. The molecule has 2 aromatic heterocycles. The van der Waals surface area contributed by atoms with Crippen LogP contribution in [0.4, 0.5) is 0 Å². The summed E-state index contributed by atoms with van der Waals surface area (Å²) in [5.41, 5.74) is 5.36. The number of carbonyl (C=O) groups excluding carboxylic acids is 1. The smallest absolute Gasteiger partial charge is 0.226 e. The second-order valence-corrected chi connectivity index (χ2v) is 5.28. The van der Waals surface area contributed by atoms with Gasteiger partial charge in [-0.2, -0.15) is 4.98 Å². The molecule has 0 radical (unpaired) electrons. The number of aromatic nitrogens is 2. The highest BCUT2D eigenvalue weighted by molar-refractivity contribution is 7.13. The summed E-state index contributed by atoms with van der Waals surface area (Å²) in [6.07, 6.45) is 2.57. The fourth-order valence-corrected chi connectivity index (χ4v) is 2.33. The Kier molecular flexibility index (Phi) is 5.69. The van der Waals surface area contributed by atoms with Crippen LogP contribution in [0.25, 0.3) is 10.7 Å². The lowest BCUT2D eigenvalue weighted by molar-refractivity contribution is -0.121. The van der Waals surface area contributed by atoms with Gasteiger partial charge in [0.1, 0.15) is 0 Å². The fourth-order valence-electron chi connectivity index (χ4n) is 1.68. The number of nitrogens with two attached hydrogens (primary N) is 1. The number of hydrogen-bond donors (Lipinski definition) is 2. The van der Waals surface area contributed by atoms with Crippen molar-refractivity contribution in [2.24, 2.45) is 5.73 Å². The Balaban J connectivity index is 1.71. The molecule has 20 heavy (non-hydrogen) atoms. The predicted octanol–water partition coefficient (Wildman–Crippen LogP) is 1.59. The summed E-state index contributed by atoms with van der Waals surface area (Å²) in [5, 5.41) is 8.71. The molecule has 2 heterocycles. The van der Waals surface area contributed by atoms with Crippen molar-refractivity contribution in [3.8, 4) is 10.7 Å². The first kappa shape index (κ1) is 14.7. The van der Waals surface area contributed by atoms with Crippen LogP contribution in [0.2, 0.25) is 0 Å².